The molecule has 0 amide bonds. The molecule has 37 heavy (non-hydrogen) atoms. The monoisotopic (exact) mass is 536 g/mol. The Kier molecular flexibility index (Phi) is 6.13. The van der Waals surface area contributed by atoms with Gasteiger partial charge in [-0.2, -0.15) is 10.2 Å². The molecule has 3 aromatic heterocycles. The number of hydrogen-bond acceptors (Lipinski definition) is 8. The van der Waals surface area contributed by atoms with E-state index in [4.69, 9.17) is 37.7 Å². The summed E-state index contributed by atoms with van der Waals surface area (Å²) in [5, 5.41) is 15.0. The van der Waals surface area contributed by atoms with E-state index in [0.717, 1.165) is 24.0 Å². The Morgan fingerprint density at radius 2 is 2.00 bits per heavy atom. The Morgan fingerprint density at radius 1 is 1.11 bits per heavy atom. The van der Waals surface area contributed by atoms with Crippen LogP contribution in [0.4, 0.5) is 0 Å². The second-order valence-electron chi connectivity index (χ2n) is 9.12. The van der Waals surface area contributed by atoms with Gasteiger partial charge < -0.3 is 14.0 Å². The molecular weight excluding hydrogens is 515 g/mol. The smallest absolute Gasteiger partial charge is 0.245 e. The summed E-state index contributed by atoms with van der Waals surface area (Å²) in [5.41, 5.74) is 2.76. The number of halogens is 2. The zero-order valence-corrected chi connectivity index (χ0v) is 21.4. The van der Waals surface area contributed by atoms with E-state index >= 15 is 0 Å². The minimum absolute atomic E-state index is 0.212. The third-order valence-electron chi connectivity index (χ3n) is 6.19. The molecule has 0 radical (unpaired) electrons. The summed E-state index contributed by atoms with van der Waals surface area (Å²) >= 11 is 13.0. The fourth-order valence-corrected chi connectivity index (χ4v) is 4.46. The van der Waals surface area contributed by atoms with Crippen molar-refractivity contribution in [1.29, 1.82) is 0 Å². The van der Waals surface area contributed by atoms with Gasteiger partial charge in [0.15, 0.2) is 17.0 Å². The van der Waals surface area contributed by atoms with Gasteiger partial charge in [0.25, 0.3) is 0 Å². The number of benzene rings is 2. The van der Waals surface area contributed by atoms with Crippen molar-refractivity contribution in [3.63, 3.8) is 0 Å². The molecule has 1 aliphatic rings. The zero-order valence-electron chi connectivity index (χ0n) is 19.9. The van der Waals surface area contributed by atoms with E-state index < -0.39 is 0 Å². The molecular formula is C25H22Cl2N8O2. The molecule has 188 valence electrons. The first-order valence-electron chi connectivity index (χ1n) is 11.8. The maximum Gasteiger partial charge on any atom is 0.245 e. The first-order valence-corrected chi connectivity index (χ1v) is 12.5. The molecule has 5 aromatic rings. The summed E-state index contributed by atoms with van der Waals surface area (Å²) in [4.78, 5) is 13.9. The van der Waals surface area contributed by atoms with Gasteiger partial charge in [0.05, 0.1) is 18.2 Å². The van der Waals surface area contributed by atoms with E-state index in [0.29, 0.717) is 64.1 Å². The quantitative estimate of drug-likeness (QED) is 0.282. The number of nitrogens with one attached hydrogen (secondary N) is 1. The maximum atomic E-state index is 6.77. The number of aromatic nitrogens is 8. The number of tetrazole rings is 1. The lowest BCUT2D eigenvalue weighted by atomic mass is 10.2. The van der Waals surface area contributed by atoms with Gasteiger partial charge in [-0.1, -0.05) is 40.5 Å². The van der Waals surface area contributed by atoms with Crippen LogP contribution in [0.3, 0.4) is 0 Å². The van der Waals surface area contributed by atoms with Crippen molar-refractivity contribution in [3.05, 3.63) is 70.2 Å². The number of ether oxygens (including phenoxy) is 2. The van der Waals surface area contributed by atoms with Gasteiger partial charge in [-0.3, -0.25) is 0 Å². The fraction of sp³-hybridized carbons (Fsp3) is 0.280. The van der Waals surface area contributed by atoms with Crippen LogP contribution in [0.25, 0.3) is 22.6 Å². The van der Waals surface area contributed by atoms with Gasteiger partial charge >= 0.3 is 0 Å². The van der Waals surface area contributed by atoms with E-state index in [1.807, 2.05) is 41.0 Å². The molecule has 1 fully saturated rings. The van der Waals surface area contributed by atoms with Gasteiger partial charge in [0, 0.05) is 17.0 Å². The normalized spacial score (nSPS) is 14.1. The third-order valence-corrected chi connectivity index (χ3v) is 6.74. The predicted molar refractivity (Wildman–Crippen MR) is 138 cm³/mol. The SMILES string of the molecule is CC1(Oc2ncnc3c2nc(-c2ccc(OCCc4nn[nH]n4)cc2Cl)n3Cc2cccc(Cl)c2)CC1. The lowest BCUT2D eigenvalue weighted by Crippen LogP contribution is -2.13. The van der Waals surface area contributed by atoms with Gasteiger partial charge in [-0.15, -0.1) is 10.2 Å². The summed E-state index contributed by atoms with van der Waals surface area (Å²) in [6, 6.07) is 13.2. The fourth-order valence-electron chi connectivity index (χ4n) is 3.99. The average Bonchev–Trinajstić information content (AvgIpc) is 3.24. The molecule has 0 bridgehead atoms. The molecule has 0 unspecified atom stereocenters. The van der Waals surface area contributed by atoms with E-state index in [1.165, 1.54) is 6.33 Å². The van der Waals surface area contributed by atoms with Gasteiger partial charge in [-0.05, 0) is 55.7 Å². The third kappa shape index (κ3) is 5.07. The van der Waals surface area contributed by atoms with Crippen molar-refractivity contribution in [3.8, 4) is 23.0 Å². The molecule has 0 spiro atoms. The molecule has 1 aliphatic carbocycles. The van der Waals surface area contributed by atoms with E-state index in [9.17, 15) is 0 Å². The maximum absolute atomic E-state index is 6.77. The van der Waals surface area contributed by atoms with Crippen LogP contribution in [-0.4, -0.2) is 52.4 Å². The lowest BCUT2D eigenvalue weighted by Gasteiger charge is -2.12. The largest absolute Gasteiger partial charge is 0.493 e. The van der Waals surface area contributed by atoms with Gasteiger partial charge in [0.1, 0.15) is 23.5 Å². The summed E-state index contributed by atoms with van der Waals surface area (Å²) in [6.45, 7) is 2.94. The number of hydrogen-bond donors (Lipinski definition) is 1. The van der Waals surface area contributed by atoms with E-state index in [2.05, 4.69) is 37.5 Å². The van der Waals surface area contributed by atoms with Crippen LogP contribution in [0, 0.1) is 0 Å². The Morgan fingerprint density at radius 3 is 2.76 bits per heavy atom. The van der Waals surface area contributed by atoms with Crippen LogP contribution in [-0.2, 0) is 13.0 Å². The second kappa shape index (κ2) is 9.60. The minimum Gasteiger partial charge on any atom is -0.493 e. The Labute approximate surface area is 222 Å². The van der Waals surface area contributed by atoms with Crippen LogP contribution in [0.15, 0.2) is 48.8 Å². The van der Waals surface area contributed by atoms with E-state index in [-0.39, 0.29) is 5.60 Å². The standard InChI is InChI=1S/C25H22Cl2N8O2/c1-25(8-9-25)37-24-21-23(28-14-29-24)35(13-15-3-2-4-16(26)11-15)22(30-21)18-6-5-17(12-19(18)27)36-10-7-20-31-33-34-32-20/h2-6,11-12,14H,7-10,13H2,1H3,(H,31,32,33,34). The van der Waals surface area contributed by atoms with Crippen LogP contribution in [0.5, 0.6) is 11.6 Å². The Bertz CT molecular complexity index is 1570. The van der Waals surface area contributed by atoms with Crippen molar-refractivity contribution in [1.82, 2.24) is 40.1 Å². The second-order valence-corrected chi connectivity index (χ2v) is 9.97. The molecule has 12 heteroatoms. The van der Waals surface area contributed by atoms with Crippen molar-refractivity contribution < 1.29 is 9.47 Å². The highest BCUT2D eigenvalue weighted by Gasteiger charge is 2.41. The highest BCUT2D eigenvalue weighted by Crippen LogP contribution is 2.41. The first-order chi connectivity index (χ1) is 18.0. The minimum atomic E-state index is -0.212. The van der Waals surface area contributed by atoms with Crippen molar-refractivity contribution in [2.45, 2.75) is 38.3 Å². The van der Waals surface area contributed by atoms with Crippen LogP contribution >= 0.6 is 23.2 Å². The van der Waals surface area contributed by atoms with Crippen molar-refractivity contribution >= 4 is 34.4 Å². The summed E-state index contributed by atoms with van der Waals surface area (Å²) in [7, 11) is 0. The average molecular weight is 537 g/mol. The summed E-state index contributed by atoms with van der Waals surface area (Å²) in [6.07, 6.45) is 3.99. The molecule has 10 nitrogen and oxygen atoms in total. The number of fused-ring (bicyclic) bond motifs is 1. The highest BCUT2D eigenvalue weighted by atomic mass is 35.5. The van der Waals surface area contributed by atoms with Gasteiger partial charge in [-0.25, -0.2) is 9.97 Å². The Balaban J connectivity index is 1.37. The van der Waals surface area contributed by atoms with Crippen LogP contribution < -0.4 is 9.47 Å². The van der Waals surface area contributed by atoms with Crippen molar-refractivity contribution in [2.75, 3.05) is 6.61 Å². The molecule has 1 saturated carbocycles. The molecule has 1 N–H and O–H groups in total. The van der Waals surface area contributed by atoms with Crippen molar-refractivity contribution in [2.24, 2.45) is 0 Å². The van der Waals surface area contributed by atoms with Gasteiger partial charge in [0.2, 0.25) is 5.88 Å². The summed E-state index contributed by atoms with van der Waals surface area (Å²) in [5.74, 6) is 2.31. The van der Waals surface area contributed by atoms with E-state index in [1.54, 1.807) is 6.07 Å². The molecule has 0 saturated heterocycles. The predicted octanol–water partition coefficient (Wildman–Crippen LogP) is 4.91. The summed E-state index contributed by atoms with van der Waals surface area (Å²) < 4.78 is 14.0. The Hall–Kier alpha value is -3.76. The number of imidazole rings is 1. The molecule has 6 rings (SSSR count). The lowest BCUT2D eigenvalue weighted by molar-refractivity contribution is 0.194. The molecule has 3 heterocycles. The van der Waals surface area contributed by atoms with Crippen LogP contribution in [0.2, 0.25) is 10.0 Å². The number of aromatic amines is 1. The number of nitrogens with zero attached hydrogens (tertiary/aromatic N) is 7. The first kappa shape index (κ1) is 23.6. The number of rotatable bonds is 9. The molecule has 0 atom stereocenters. The highest BCUT2D eigenvalue weighted by molar-refractivity contribution is 6.33. The molecule has 2 aromatic carbocycles. The number of H-pyrrole nitrogens is 1. The van der Waals surface area contributed by atoms with Crippen LogP contribution in [0.1, 0.15) is 31.2 Å². The molecule has 0 aliphatic heterocycles. The topological polar surface area (TPSA) is 117 Å². The zero-order chi connectivity index (χ0) is 25.4.